The van der Waals surface area contributed by atoms with Crippen LogP contribution >= 0.6 is 0 Å². The van der Waals surface area contributed by atoms with Gasteiger partial charge in [-0.1, -0.05) is 19.3 Å². The van der Waals surface area contributed by atoms with Gasteiger partial charge in [0.15, 0.2) is 5.65 Å². The summed E-state index contributed by atoms with van der Waals surface area (Å²) in [5.74, 6) is 2.66. The number of hydrogen-bond acceptors (Lipinski definition) is 3. The van der Waals surface area contributed by atoms with Gasteiger partial charge >= 0.3 is 0 Å². The molecular formula is C19H28N4. The number of nitrogens with zero attached hydrogens (tertiary/aromatic N) is 3. The molecule has 1 unspecified atom stereocenters. The Morgan fingerprint density at radius 3 is 2.83 bits per heavy atom. The van der Waals surface area contributed by atoms with Crippen molar-refractivity contribution in [1.82, 2.24) is 19.9 Å². The van der Waals surface area contributed by atoms with Crippen molar-refractivity contribution in [3.8, 4) is 0 Å². The van der Waals surface area contributed by atoms with Gasteiger partial charge in [0.2, 0.25) is 0 Å². The quantitative estimate of drug-likeness (QED) is 0.937. The molecule has 4 heteroatoms. The molecule has 1 saturated carbocycles. The molecule has 4 nitrogen and oxygen atoms in total. The summed E-state index contributed by atoms with van der Waals surface area (Å²) >= 11 is 0. The van der Waals surface area contributed by atoms with Gasteiger partial charge in [-0.15, -0.1) is 0 Å². The maximum Gasteiger partial charge on any atom is 0.160 e. The van der Waals surface area contributed by atoms with E-state index in [4.69, 9.17) is 9.97 Å². The van der Waals surface area contributed by atoms with E-state index in [1.165, 1.54) is 62.9 Å². The Balaban J connectivity index is 1.71. The van der Waals surface area contributed by atoms with Gasteiger partial charge < -0.3 is 9.88 Å². The van der Waals surface area contributed by atoms with E-state index in [-0.39, 0.29) is 0 Å². The van der Waals surface area contributed by atoms with E-state index in [9.17, 15) is 0 Å². The Morgan fingerprint density at radius 1 is 1.17 bits per heavy atom. The third-order valence-corrected chi connectivity index (χ3v) is 5.56. The lowest BCUT2D eigenvalue weighted by molar-refractivity contribution is 0.327. The summed E-state index contributed by atoms with van der Waals surface area (Å²) in [4.78, 5) is 9.78. The highest BCUT2D eigenvalue weighted by atomic mass is 15.1. The summed E-state index contributed by atoms with van der Waals surface area (Å²) in [7, 11) is 0. The molecule has 1 N–H and O–H groups in total. The van der Waals surface area contributed by atoms with Crippen LogP contribution in [-0.4, -0.2) is 27.6 Å². The van der Waals surface area contributed by atoms with Gasteiger partial charge in [-0.3, -0.25) is 0 Å². The van der Waals surface area contributed by atoms with Crippen molar-refractivity contribution in [3.63, 3.8) is 0 Å². The fourth-order valence-electron chi connectivity index (χ4n) is 4.32. The Bertz CT molecular complexity index is 663. The maximum atomic E-state index is 5.04. The van der Waals surface area contributed by atoms with E-state index >= 15 is 0 Å². The number of aryl methyl sites for hydroxylation is 1. The average molecular weight is 312 g/mol. The second-order valence-corrected chi connectivity index (χ2v) is 7.48. The average Bonchev–Trinajstić information content (AvgIpc) is 2.94. The van der Waals surface area contributed by atoms with E-state index in [1.54, 1.807) is 0 Å². The van der Waals surface area contributed by atoms with E-state index in [1.807, 2.05) is 6.20 Å². The molecule has 3 heterocycles. The summed E-state index contributed by atoms with van der Waals surface area (Å²) < 4.78 is 2.46. The first-order valence-corrected chi connectivity index (χ1v) is 9.35. The zero-order chi connectivity index (χ0) is 15.6. The fraction of sp³-hybridized carbons (Fsp3) is 0.684. The van der Waals surface area contributed by atoms with Gasteiger partial charge in [-0.05, 0) is 63.2 Å². The third kappa shape index (κ3) is 3.14. The van der Waals surface area contributed by atoms with Crippen molar-refractivity contribution < 1.29 is 0 Å². The number of imidazole rings is 1. The van der Waals surface area contributed by atoms with Gasteiger partial charge in [0.05, 0.1) is 0 Å². The molecule has 1 atom stereocenters. The predicted molar refractivity (Wildman–Crippen MR) is 93.7 cm³/mol. The second-order valence-electron chi connectivity index (χ2n) is 7.48. The minimum absolute atomic E-state index is 0.634. The molecule has 0 aromatic carbocycles. The van der Waals surface area contributed by atoms with Gasteiger partial charge in [0.25, 0.3) is 0 Å². The molecule has 23 heavy (non-hydrogen) atoms. The summed E-state index contributed by atoms with van der Waals surface area (Å²) in [6.07, 6.45) is 11.3. The lowest BCUT2D eigenvalue weighted by atomic mass is 9.88. The van der Waals surface area contributed by atoms with Crippen LogP contribution in [0.15, 0.2) is 12.3 Å². The number of aromatic nitrogens is 3. The highest BCUT2D eigenvalue weighted by Gasteiger charge is 2.25. The first kappa shape index (κ1) is 15.1. The van der Waals surface area contributed by atoms with E-state index < -0.39 is 0 Å². The third-order valence-electron chi connectivity index (χ3n) is 5.56. The van der Waals surface area contributed by atoms with Crippen molar-refractivity contribution in [2.45, 2.75) is 64.3 Å². The monoisotopic (exact) mass is 312 g/mol. The highest BCUT2D eigenvalue weighted by molar-refractivity contribution is 5.72. The van der Waals surface area contributed by atoms with E-state index in [0.717, 1.165) is 24.3 Å². The van der Waals surface area contributed by atoms with Crippen LogP contribution < -0.4 is 5.32 Å². The molecule has 124 valence electrons. The molecular weight excluding hydrogens is 284 g/mol. The number of fused-ring (bicyclic) bond motifs is 1. The summed E-state index contributed by atoms with van der Waals surface area (Å²) in [5, 5.41) is 3.55. The minimum atomic E-state index is 0.634. The number of nitrogens with one attached hydrogen (secondary N) is 1. The lowest BCUT2D eigenvalue weighted by Crippen LogP contribution is -2.32. The lowest BCUT2D eigenvalue weighted by Gasteiger charge is -2.26. The standard InChI is InChI=1S/C19H28N4/c1-14-10-17-19(21-11-14)23(13-15-6-5-9-20-12-15)18(22-17)16-7-3-2-4-8-16/h10-11,15-16,20H,2-9,12-13H2,1H3. The van der Waals surface area contributed by atoms with Crippen LogP contribution in [0.2, 0.25) is 0 Å². The SMILES string of the molecule is Cc1cnc2c(c1)nc(C1CCCCC1)n2CC1CCCNC1. The molecule has 2 fully saturated rings. The van der Waals surface area contributed by atoms with Gasteiger partial charge in [-0.25, -0.2) is 9.97 Å². The summed E-state index contributed by atoms with van der Waals surface area (Å²) in [5.41, 5.74) is 3.40. The molecule has 0 radical (unpaired) electrons. The smallest absolute Gasteiger partial charge is 0.160 e. The Morgan fingerprint density at radius 2 is 2.04 bits per heavy atom. The zero-order valence-corrected chi connectivity index (χ0v) is 14.2. The van der Waals surface area contributed by atoms with E-state index in [2.05, 4.69) is 22.9 Å². The van der Waals surface area contributed by atoms with Crippen LogP contribution in [-0.2, 0) is 6.54 Å². The van der Waals surface area contributed by atoms with Crippen LogP contribution in [0.3, 0.4) is 0 Å². The van der Waals surface area contributed by atoms with Gasteiger partial charge in [-0.2, -0.15) is 0 Å². The number of rotatable bonds is 3. The Kier molecular flexibility index (Phi) is 4.34. The molecule has 0 bridgehead atoms. The van der Waals surface area contributed by atoms with Crippen LogP contribution in [0.4, 0.5) is 0 Å². The van der Waals surface area contributed by atoms with Crippen LogP contribution in [0.1, 0.15) is 62.3 Å². The molecule has 2 aromatic heterocycles. The summed E-state index contributed by atoms with van der Waals surface area (Å²) in [6.45, 7) is 5.49. The van der Waals surface area contributed by atoms with Crippen LogP contribution in [0.5, 0.6) is 0 Å². The molecule has 1 aliphatic heterocycles. The predicted octanol–water partition coefficient (Wildman–Crippen LogP) is 3.79. The van der Waals surface area contributed by atoms with Crippen LogP contribution in [0, 0.1) is 12.8 Å². The molecule has 0 amide bonds. The molecule has 1 aliphatic carbocycles. The maximum absolute atomic E-state index is 5.04. The Labute approximate surface area is 138 Å². The molecule has 1 saturated heterocycles. The fourth-order valence-corrected chi connectivity index (χ4v) is 4.32. The number of hydrogen-bond donors (Lipinski definition) is 1. The van der Waals surface area contributed by atoms with Crippen molar-refractivity contribution in [2.75, 3.05) is 13.1 Å². The zero-order valence-electron chi connectivity index (χ0n) is 14.2. The highest BCUT2D eigenvalue weighted by Crippen LogP contribution is 2.34. The van der Waals surface area contributed by atoms with Crippen molar-refractivity contribution in [2.24, 2.45) is 5.92 Å². The van der Waals surface area contributed by atoms with Crippen molar-refractivity contribution >= 4 is 11.2 Å². The van der Waals surface area contributed by atoms with Gasteiger partial charge in [0, 0.05) is 18.7 Å². The number of pyridine rings is 1. The molecule has 2 aliphatic rings. The molecule has 4 rings (SSSR count). The summed E-state index contributed by atoms with van der Waals surface area (Å²) in [6, 6.07) is 2.20. The van der Waals surface area contributed by atoms with E-state index in [0.29, 0.717) is 11.8 Å². The molecule has 0 spiro atoms. The van der Waals surface area contributed by atoms with Crippen molar-refractivity contribution in [1.29, 1.82) is 0 Å². The second kappa shape index (κ2) is 6.60. The first-order valence-electron chi connectivity index (χ1n) is 9.35. The van der Waals surface area contributed by atoms with Gasteiger partial charge in [0.1, 0.15) is 11.3 Å². The van der Waals surface area contributed by atoms with Crippen LogP contribution in [0.25, 0.3) is 11.2 Å². The first-order chi connectivity index (χ1) is 11.3. The Hall–Kier alpha value is -1.42. The molecule has 2 aromatic rings. The minimum Gasteiger partial charge on any atom is -0.316 e. The normalized spacial score (nSPS) is 23.4. The van der Waals surface area contributed by atoms with Crippen molar-refractivity contribution in [3.05, 3.63) is 23.7 Å². The number of piperidine rings is 1. The topological polar surface area (TPSA) is 42.7 Å². The largest absolute Gasteiger partial charge is 0.316 e.